The lowest BCUT2D eigenvalue weighted by molar-refractivity contribution is -0.162. The summed E-state index contributed by atoms with van der Waals surface area (Å²) in [7, 11) is -5.20. The molecule has 0 radical (unpaired) electrons. The molecule has 0 amide bonds. The first kappa shape index (κ1) is 32.8. The summed E-state index contributed by atoms with van der Waals surface area (Å²) in [6.07, 6.45) is 12.3. The zero-order chi connectivity index (χ0) is 26.1. The van der Waals surface area contributed by atoms with Crippen LogP contribution >= 0.6 is 0 Å². The SMILES string of the molecule is CCCCCCCCC(CCCCCCCC)(C(=O)O)C(CCCCCC)(C(=O)O)S(=O)(=O)O. The number of carboxylic acid groups (broad SMARTS) is 2. The Morgan fingerprint density at radius 1 is 0.559 bits per heavy atom. The van der Waals surface area contributed by atoms with Gasteiger partial charge in [-0.2, -0.15) is 8.42 Å². The molecule has 0 rings (SSSR count). The van der Waals surface area contributed by atoms with Crippen molar-refractivity contribution in [1.29, 1.82) is 0 Å². The molecule has 0 saturated carbocycles. The van der Waals surface area contributed by atoms with Crippen molar-refractivity contribution in [3.63, 3.8) is 0 Å². The van der Waals surface area contributed by atoms with Crippen molar-refractivity contribution in [2.75, 3.05) is 0 Å². The number of hydrogen-bond donors (Lipinski definition) is 3. The van der Waals surface area contributed by atoms with Crippen LogP contribution in [0.4, 0.5) is 0 Å². The zero-order valence-corrected chi connectivity index (χ0v) is 22.6. The Labute approximate surface area is 207 Å². The normalized spacial score (nSPS) is 14.1. The van der Waals surface area contributed by atoms with Crippen LogP contribution in [0.25, 0.3) is 0 Å². The lowest BCUT2D eigenvalue weighted by atomic mass is 9.65. The summed E-state index contributed by atoms with van der Waals surface area (Å²) in [6.45, 7) is 6.18. The number of carboxylic acids is 2. The average molecular weight is 507 g/mol. The molecule has 34 heavy (non-hydrogen) atoms. The molecule has 202 valence electrons. The van der Waals surface area contributed by atoms with E-state index in [9.17, 15) is 32.8 Å². The molecule has 0 aliphatic heterocycles. The third-order valence-electron chi connectivity index (χ3n) is 7.26. The van der Waals surface area contributed by atoms with E-state index in [1.807, 2.05) is 6.92 Å². The van der Waals surface area contributed by atoms with Gasteiger partial charge in [-0.3, -0.25) is 14.1 Å². The monoisotopic (exact) mass is 506 g/mol. The molecule has 0 saturated heterocycles. The Hall–Kier alpha value is -1.15. The fraction of sp³-hybridized carbons (Fsp3) is 0.923. The van der Waals surface area contributed by atoms with Crippen molar-refractivity contribution in [1.82, 2.24) is 0 Å². The highest BCUT2D eigenvalue weighted by atomic mass is 32.2. The molecule has 0 spiro atoms. The molecule has 0 bridgehead atoms. The highest BCUT2D eigenvalue weighted by Gasteiger charge is 2.67. The summed E-state index contributed by atoms with van der Waals surface area (Å²) in [4.78, 5) is 25.4. The maximum absolute atomic E-state index is 12.8. The van der Waals surface area contributed by atoms with E-state index in [1.54, 1.807) is 0 Å². The number of aliphatic carboxylic acids is 2. The Morgan fingerprint density at radius 2 is 0.882 bits per heavy atom. The van der Waals surface area contributed by atoms with Crippen molar-refractivity contribution in [3.8, 4) is 0 Å². The average Bonchev–Trinajstić information content (AvgIpc) is 2.76. The maximum atomic E-state index is 12.8. The summed E-state index contributed by atoms with van der Waals surface area (Å²) < 4.78 is 33.1. The smallest absolute Gasteiger partial charge is 0.328 e. The zero-order valence-electron chi connectivity index (χ0n) is 21.8. The first-order valence-electron chi connectivity index (χ1n) is 13.5. The molecular formula is C26H50O7S. The predicted octanol–water partition coefficient (Wildman–Crippen LogP) is 7.24. The minimum Gasteiger partial charge on any atom is -0.481 e. The topological polar surface area (TPSA) is 129 Å². The highest BCUT2D eigenvalue weighted by molar-refractivity contribution is 7.88. The van der Waals surface area contributed by atoms with Crippen LogP contribution in [0, 0.1) is 5.41 Å². The van der Waals surface area contributed by atoms with Gasteiger partial charge in [0.1, 0.15) is 5.41 Å². The Morgan fingerprint density at radius 3 is 1.21 bits per heavy atom. The van der Waals surface area contributed by atoms with Crippen LogP contribution < -0.4 is 0 Å². The van der Waals surface area contributed by atoms with E-state index in [0.717, 1.165) is 64.2 Å². The quantitative estimate of drug-likeness (QED) is 0.0983. The van der Waals surface area contributed by atoms with Gasteiger partial charge in [0, 0.05) is 0 Å². The summed E-state index contributed by atoms with van der Waals surface area (Å²) >= 11 is 0. The molecule has 0 aromatic carbocycles. The Kier molecular flexibility index (Phi) is 16.7. The van der Waals surface area contributed by atoms with E-state index in [2.05, 4.69) is 13.8 Å². The Balaban J connectivity index is 6.11. The van der Waals surface area contributed by atoms with E-state index in [-0.39, 0.29) is 25.7 Å². The van der Waals surface area contributed by atoms with Gasteiger partial charge in [-0.25, -0.2) is 0 Å². The van der Waals surface area contributed by atoms with Crippen LogP contribution in [0.15, 0.2) is 0 Å². The van der Waals surface area contributed by atoms with E-state index in [4.69, 9.17) is 0 Å². The standard InChI is InChI=1S/C26H50O7S/c1-4-7-10-13-15-17-20-25(23(27)28,21-18-16-14-11-8-5-2)26(24(29)30,34(31,32)33)22-19-12-9-6-3/h4-22H2,1-3H3,(H,27,28)(H,29,30)(H,31,32,33). The second kappa shape index (κ2) is 17.3. The maximum Gasteiger partial charge on any atom is 0.328 e. The van der Waals surface area contributed by atoms with Crippen molar-refractivity contribution in [3.05, 3.63) is 0 Å². The number of hydrogen-bond acceptors (Lipinski definition) is 4. The van der Waals surface area contributed by atoms with E-state index < -0.39 is 32.2 Å². The van der Waals surface area contributed by atoms with Gasteiger partial charge in [0.05, 0.1) is 0 Å². The van der Waals surface area contributed by atoms with E-state index >= 15 is 0 Å². The van der Waals surface area contributed by atoms with Crippen LogP contribution in [0.3, 0.4) is 0 Å². The molecule has 0 aromatic rings. The number of unbranched alkanes of at least 4 members (excludes halogenated alkanes) is 13. The van der Waals surface area contributed by atoms with Gasteiger partial charge in [0.2, 0.25) is 4.75 Å². The molecular weight excluding hydrogens is 456 g/mol. The van der Waals surface area contributed by atoms with Crippen LogP contribution in [0.2, 0.25) is 0 Å². The molecule has 0 aliphatic rings. The van der Waals surface area contributed by atoms with E-state index in [0.29, 0.717) is 32.1 Å². The van der Waals surface area contributed by atoms with Gasteiger partial charge in [-0.1, -0.05) is 124 Å². The minimum absolute atomic E-state index is 0.0662. The highest BCUT2D eigenvalue weighted by Crippen LogP contribution is 2.50. The van der Waals surface area contributed by atoms with Gasteiger partial charge < -0.3 is 10.2 Å². The van der Waals surface area contributed by atoms with Gasteiger partial charge in [-0.15, -0.1) is 0 Å². The summed E-state index contributed by atoms with van der Waals surface area (Å²) in [5.74, 6) is -3.17. The Bertz CT molecular complexity index is 659. The largest absolute Gasteiger partial charge is 0.481 e. The molecule has 0 aromatic heterocycles. The van der Waals surface area contributed by atoms with Gasteiger partial charge in [0.25, 0.3) is 10.1 Å². The van der Waals surface area contributed by atoms with Gasteiger partial charge in [-0.05, 0) is 19.3 Å². The van der Waals surface area contributed by atoms with Crippen molar-refractivity contribution in [2.45, 2.75) is 148 Å². The lowest BCUT2D eigenvalue weighted by Crippen LogP contribution is -2.62. The predicted molar refractivity (Wildman–Crippen MR) is 137 cm³/mol. The molecule has 1 unspecified atom stereocenters. The summed E-state index contributed by atoms with van der Waals surface area (Å²) in [6, 6.07) is 0. The van der Waals surface area contributed by atoms with Crippen LogP contribution in [-0.2, 0) is 19.7 Å². The second-order valence-corrected chi connectivity index (χ2v) is 11.5. The third-order valence-corrected chi connectivity index (χ3v) is 8.92. The summed E-state index contributed by atoms with van der Waals surface area (Å²) in [5, 5.41) is 20.7. The number of carbonyl (C=O) groups is 2. The fourth-order valence-corrected chi connectivity index (χ4v) is 6.58. The molecule has 3 N–H and O–H groups in total. The lowest BCUT2D eigenvalue weighted by Gasteiger charge is -2.43. The molecule has 0 aliphatic carbocycles. The van der Waals surface area contributed by atoms with Crippen LogP contribution in [-0.4, -0.2) is 39.9 Å². The van der Waals surface area contributed by atoms with Crippen LogP contribution in [0.1, 0.15) is 143 Å². The first-order valence-corrected chi connectivity index (χ1v) is 14.9. The van der Waals surface area contributed by atoms with E-state index in [1.165, 1.54) is 0 Å². The molecule has 7 nitrogen and oxygen atoms in total. The third kappa shape index (κ3) is 9.48. The molecule has 0 fully saturated rings. The second-order valence-electron chi connectivity index (χ2n) is 9.84. The van der Waals surface area contributed by atoms with Crippen molar-refractivity contribution in [2.24, 2.45) is 5.41 Å². The molecule has 8 heteroatoms. The van der Waals surface area contributed by atoms with Gasteiger partial charge in [0.15, 0.2) is 0 Å². The fourth-order valence-electron chi connectivity index (χ4n) is 5.17. The van der Waals surface area contributed by atoms with Crippen molar-refractivity contribution < 1.29 is 32.8 Å². The van der Waals surface area contributed by atoms with Crippen LogP contribution in [0.5, 0.6) is 0 Å². The number of rotatable bonds is 23. The first-order chi connectivity index (χ1) is 16.1. The summed E-state index contributed by atoms with van der Waals surface area (Å²) in [5.41, 5.74) is -2.06. The van der Waals surface area contributed by atoms with Gasteiger partial charge >= 0.3 is 11.9 Å². The minimum atomic E-state index is -5.20. The molecule has 0 heterocycles. The molecule has 1 atom stereocenters. The van der Waals surface area contributed by atoms with Crippen molar-refractivity contribution >= 4 is 22.1 Å².